The molecule has 0 spiro atoms. The first-order valence-corrected chi connectivity index (χ1v) is 9.14. The van der Waals surface area contributed by atoms with Crippen LogP contribution in [0, 0.1) is 10.6 Å². The fourth-order valence-corrected chi connectivity index (χ4v) is 3.85. The van der Waals surface area contributed by atoms with Crippen LogP contribution in [0.5, 0.6) is 0 Å². The van der Waals surface area contributed by atoms with Crippen molar-refractivity contribution < 1.29 is 4.74 Å². The van der Waals surface area contributed by atoms with Crippen LogP contribution < -0.4 is 5.32 Å². The number of nitrogens with zero attached hydrogens (tertiary/aromatic N) is 3. The van der Waals surface area contributed by atoms with Crippen molar-refractivity contribution in [3.05, 3.63) is 57.4 Å². The number of benzene rings is 1. The van der Waals surface area contributed by atoms with Gasteiger partial charge in [-0.05, 0) is 41.5 Å². The Morgan fingerprint density at radius 2 is 2.12 bits per heavy atom. The van der Waals surface area contributed by atoms with E-state index in [4.69, 9.17) is 4.74 Å². The molecule has 0 amide bonds. The molecule has 0 aliphatic carbocycles. The molecule has 124 valence electrons. The van der Waals surface area contributed by atoms with Gasteiger partial charge < -0.3 is 10.1 Å². The predicted molar refractivity (Wildman–Crippen MR) is 102 cm³/mol. The van der Waals surface area contributed by atoms with Gasteiger partial charge in [-0.1, -0.05) is 30.3 Å². The number of anilines is 1. The van der Waals surface area contributed by atoms with Crippen LogP contribution in [0.3, 0.4) is 0 Å². The van der Waals surface area contributed by atoms with Crippen LogP contribution >= 0.6 is 22.6 Å². The Labute approximate surface area is 154 Å². The van der Waals surface area contributed by atoms with Crippen LogP contribution in [0.1, 0.15) is 17.7 Å². The maximum absolute atomic E-state index is 5.74. The molecule has 1 aromatic carbocycles. The molecule has 1 fully saturated rings. The largest absolute Gasteiger partial charge is 0.380 e. The molecule has 0 radical (unpaired) electrons. The summed E-state index contributed by atoms with van der Waals surface area (Å²) in [6.07, 6.45) is 1.02. The summed E-state index contributed by atoms with van der Waals surface area (Å²) < 4.78 is 8.58. The molecule has 4 rings (SSSR count). The van der Waals surface area contributed by atoms with Gasteiger partial charge in [0.2, 0.25) is 0 Å². The van der Waals surface area contributed by atoms with E-state index in [0.29, 0.717) is 0 Å². The molecule has 1 saturated heterocycles. The molecular formula is C18H19IN4O. The summed E-state index contributed by atoms with van der Waals surface area (Å²) in [6, 6.07) is 14.7. The van der Waals surface area contributed by atoms with Crippen molar-refractivity contribution >= 4 is 34.1 Å². The van der Waals surface area contributed by atoms with Gasteiger partial charge in [0.1, 0.15) is 9.52 Å². The van der Waals surface area contributed by atoms with Crippen molar-refractivity contribution in [1.29, 1.82) is 0 Å². The van der Waals surface area contributed by atoms with Crippen LogP contribution in [0.15, 0.2) is 42.5 Å². The van der Waals surface area contributed by atoms with E-state index < -0.39 is 0 Å². The minimum absolute atomic E-state index is 0.00445. The Hall–Kier alpha value is -1.67. The van der Waals surface area contributed by atoms with Gasteiger partial charge in [0.05, 0.1) is 12.3 Å². The number of ether oxygens (including phenoxy) is 1. The predicted octanol–water partition coefficient (Wildman–Crippen LogP) is 3.41. The third-order valence-corrected chi connectivity index (χ3v) is 5.17. The Bertz CT molecular complexity index is 856. The summed E-state index contributed by atoms with van der Waals surface area (Å²) in [7, 11) is 0. The number of rotatable bonds is 4. The Kier molecular flexibility index (Phi) is 4.17. The van der Waals surface area contributed by atoms with Crippen LogP contribution in [0.25, 0.3) is 5.65 Å². The Morgan fingerprint density at radius 3 is 2.88 bits per heavy atom. The zero-order valence-corrected chi connectivity index (χ0v) is 15.7. The lowest BCUT2D eigenvalue weighted by Gasteiger charge is -2.29. The van der Waals surface area contributed by atoms with Crippen molar-refractivity contribution in [2.75, 3.05) is 25.1 Å². The van der Waals surface area contributed by atoms with Crippen molar-refractivity contribution in [1.82, 2.24) is 14.6 Å². The lowest BCUT2D eigenvalue weighted by Crippen LogP contribution is -2.35. The van der Waals surface area contributed by atoms with Crippen molar-refractivity contribution in [3.63, 3.8) is 0 Å². The van der Waals surface area contributed by atoms with Gasteiger partial charge in [-0.15, -0.1) is 0 Å². The molecule has 0 saturated carbocycles. The van der Waals surface area contributed by atoms with E-state index in [-0.39, 0.29) is 5.41 Å². The van der Waals surface area contributed by atoms with Gasteiger partial charge >= 0.3 is 0 Å². The fourth-order valence-electron chi connectivity index (χ4n) is 3.31. The zero-order chi connectivity index (χ0) is 16.6. The second kappa shape index (κ2) is 6.33. The van der Waals surface area contributed by atoms with E-state index in [1.165, 1.54) is 5.56 Å². The topological polar surface area (TPSA) is 51.5 Å². The molecular weight excluding hydrogens is 415 g/mol. The van der Waals surface area contributed by atoms with E-state index in [9.17, 15) is 0 Å². The average Bonchev–Trinajstić information content (AvgIpc) is 3.20. The summed E-state index contributed by atoms with van der Waals surface area (Å²) in [6.45, 7) is 4.35. The number of nitrogens with one attached hydrogen (secondary N) is 1. The van der Waals surface area contributed by atoms with Gasteiger partial charge in [-0.25, -0.2) is 4.98 Å². The second-order valence-corrected chi connectivity index (χ2v) is 7.43. The molecule has 0 bridgehead atoms. The van der Waals surface area contributed by atoms with E-state index in [1.54, 1.807) is 0 Å². The van der Waals surface area contributed by atoms with Gasteiger partial charge in [-0.2, -0.15) is 9.61 Å². The number of aromatic nitrogens is 3. The monoisotopic (exact) mass is 434 g/mol. The lowest BCUT2D eigenvalue weighted by molar-refractivity contribution is 0.179. The second-order valence-electron chi connectivity index (χ2n) is 6.32. The average molecular weight is 434 g/mol. The molecule has 1 aliphatic rings. The number of halogens is 1. The maximum atomic E-state index is 5.74. The highest BCUT2D eigenvalue weighted by molar-refractivity contribution is 14.1. The lowest BCUT2D eigenvalue weighted by atomic mass is 9.80. The molecule has 1 N–H and O–H groups in total. The van der Waals surface area contributed by atoms with Crippen LogP contribution in [-0.2, 0) is 10.2 Å². The molecule has 5 nitrogen and oxygen atoms in total. The summed E-state index contributed by atoms with van der Waals surface area (Å²) in [4.78, 5) is 4.53. The molecule has 1 unspecified atom stereocenters. The molecule has 1 aliphatic heterocycles. The van der Waals surface area contributed by atoms with Crippen molar-refractivity contribution in [2.45, 2.75) is 18.8 Å². The first kappa shape index (κ1) is 15.8. The van der Waals surface area contributed by atoms with E-state index in [2.05, 4.69) is 68.3 Å². The summed E-state index contributed by atoms with van der Waals surface area (Å²) >= 11 is 2.25. The highest BCUT2D eigenvalue weighted by atomic mass is 127. The smallest absolute Gasteiger partial charge is 0.158 e. The SMILES string of the molecule is Cc1cc2nc(I)cc(NCC3(c4ccccc4)CCOC3)n2n1. The minimum atomic E-state index is 0.00445. The molecule has 3 heterocycles. The summed E-state index contributed by atoms with van der Waals surface area (Å²) in [5.41, 5.74) is 3.17. The van der Waals surface area contributed by atoms with Crippen molar-refractivity contribution in [2.24, 2.45) is 0 Å². The minimum Gasteiger partial charge on any atom is -0.380 e. The van der Waals surface area contributed by atoms with Crippen molar-refractivity contribution in [3.8, 4) is 0 Å². The molecule has 2 aromatic heterocycles. The first-order chi connectivity index (χ1) is 11.7. The fraction of sp³-hybridized carbons (Fsp3) is 0.333. The number of hydrogen-bond acceptors (Lipinski definition) is 4. The van der Waals surface area contributed by atoms with Gasteiger partial charge in [-0.3, -0.25) is 0 Å². The van der Waals surface area contributed by atoms with E-state index >= 15 is 0 Å². The third kappa shape index (κ3) is 2.88. The normalized spacial score (nSPS) is 20.6. The van der Waals surface area contributed by atoms with Gasteiger partial charge in [0, 0.05) is 30.7 Å². The molecule has 1 atom stereocenters. The van der Waals surface area contributed by atoms with Crippen LogP contribution in [-0.4, -0.2) is 34.4 Å². The zero-order valence-electron chi connectivity index (χ0n) is 13.5. The Morgan fingerprint density at radius 1 is 1.29 bits per heavy atom. The molecule has 6 heteroatoms. The molecule has 24 heavy (non-hydrogen) atoms. The van der Waals surface area contributed by atoms with E-state index in [0.717, 1.165) is 47.0 Å². The standard InChI is InChI=1S/C18H19IN4O/c1-13-9-17-21-15(19)10-16(23(17)22-13)20-11-18(7-8-24-12-18)14-5-3-2-4-6-14/h2-6,9-10,20H,7-8,11-12H2,1H3. The van der Waals surface area contributed by atoms with Gasteiger partial charge in [0.15, 0.2) is 5.65 Å². The van der Waals surface area contributed by atoms with Crippen LogP contribution in [0.2, 0.25) is 0 Å². The maximum Gasteiger partial charge on any atom is 0.158 e. The quantitative estimate of drug-likeness (QED) is 0.505. The van der Waals surface area contributed by atoms with Gasteiger partial charge in [0.25, 0.3) is 0 Å². The number of fused-ring (bicyclic) bond motifs is 1. The third-order valence-electron chi connectivity index (χ3n) is 4.62. The molecule has 3 aromatic rings. The number of aryl methyl sites for hydroxylation is 1. The summed E-state index contributed by atoms with van der Waals surface area (Å²) in [5.74, 6) is 0.972. The Balaban J connectivity index is 1.66. The highest BCUT2D eigenvalue weighted by Gasteiger charge is 2.36. The van der Waals surface area contributed by atoms with Crippen LogP contribution in [0.4, 0.5) is 5.82 Å². The number of hydrogen-bond donors (Lipinski definition) is 1. The first-order valence-electron chi connectivity index (χ1n) is 8.06. The van der Waals surface area contributed by atoms with E-state index in [1.807, 2.05) is 23.6 Å². The summed E-state index contributed by atoms with van der Waals surface area (Å²) in [5, 5.41) is 8.15. The highest BCUT2D eigenvalue weighted by Crippen LogP contribution is 2.33.